The van der Waals surface area contributed by atoms with Crippen molar-refractivity contribution in [3.05, 3.63) is 80.7 Å². The average molecular weight is 443 g/mol. The van der Waals surface area contributed by atoms with Gasteiger partial charge in [0.25, 0.3) is 0 Å². The van der Waals surface area contributed by atoms with Gasteiger partial charge < -0.3 is 5.11 Å². The molecule has 0 bridgehead atoms. The molecule has 1 aromatic heterocycles. The highest BCUT2D eigenvalue weighted by atomic mass is 35.5. The van der Waals surface area contributed by atoms with Crippen LogP contribution in [0.25, 0.3) is 16.5 Å². The zero-order valence-corrected chi connectivity index (χ0v) is 16.3. The number of thiophene rings is 1. The lowest BCUT2D eigenvalue weighted by atomic mass is 10.1. The molecule has 0 spiro atoms. The third-order valence-electron chi connectivity index (χ3n) is 3.83. The Bertz CT molecular complexity index is 1070. The van der Waals surface area contributed by atoms with E-state index in [1.54, 1.807) is 18.2 Å². The standard InChI is InChI=1S/C20H11Cl2F3O2S/c21-18-11(5-7-15(27)19(18)22)4-6-14(26)17-9-8-16(28-17)12-2-1-3-13(10-12)20(23,24)25/h1-10,27H. The molecule has 3 aromatic rings. The number of hydrogen-bond acceptors (Lipinski definition) is 3. The van der Waals surface area contributed by atoms with E-state index in [2.05, 4.69) is 0 Å². The second kappa shape index (κ2) is 7.99. The third-order valence-corrected chi connectivity index (χ3v) is 5.86. The number of rotatable bonds is 4. The highest BCUT2D eigenvalue weighted by Crippen LogP contribution is 2.36. The van der Waals surface area contributed by atoms with Gasteiger partial charge in [0.1, 0.15) is 10.8 Å². The zero-order chi connectivity index (χ0) is 20.5. The Kier molecular flexibility index (Phi) is 5.84. The van der Waals surface area contributed by atoms with Crippen LogP contribution in [0.5, 0.6) is 5.75 Å². The van der Waals surface area contributed by atoms with Crippen molar-refractivity contribution in [1.29, 1.82) is 0 Å². The summed E-state index contributed by atoms with van der Waals surface area (Å²) in [6.07, 6.45) is -1.69. The molecular weight excluding hydrogens is 432 g/mol. The van der Waals surface area contributed by atoms with Crippen molar-refractivity contribution >= 4 is 46.4 Å². The Morgan fingerprint density at radius 2 is 1.79 bits per heavy atom. The summed E-state index contributed by atoms with van der Waals surface area (Å²) in [7, 11) is 0. The maximum atomic E-state index is 12.9. The molecule has 0 saturated carbocycles. The van der Waals surface area contributed by atoms with Crippen LogP contribution < -0.4 is 0 Å². The van der Waals surface area contributed by atoms with Gasteiger partial charge in [0.2, 0.25) is 0 Å². The number of aromatic hydroxyl groups is 1. The highest BCUT2D eigenvalue weighted by molar-refractivity contribution is 7.17. The van der Waals surface area contributed by atoms with Gasteiger partial charge in [-0.25, -0.2) is 0 Å². The Labute approximate surface area is 172 Å². The van der Waals surface area contributed by atoms with Crippen LogP contribution in [-0.2, 0) is 6.18 Å². The summed E-state index contributed by atoms with van der Waals surface area (Å²) in [5.74, 6) is -0.498. The van der Waals surface area contributed by atoms with E-state index in [1.165, 1.54) is 30.4 Å². The van der Waals surface area contributed by atoms with Crippen molar-refractivity contribution in [1.82, 2.24) is 0 Å². The summed E-state index contributed by atoms with van der Waals surface area (Å²) in [5, 5.41) is 9.58. The molecule has 0 aliphatic carbocycles. The fourth-order valence-corrected chi connectivity index (χ4v) is 3.72. The molecule has 3 rings (SSSR count). The number of carbonyl (C=O) groups is 1. The van der Waals surface area contributed by atoms with Crippen LogP contribution >= 0.6 is 34.5 Å². The van der Waals surface area contributed by atoms with Crippen molar-refractivity contribution in [3.63, 3.8) is 0 Å². The van der Waals surface area contributed by atoms with E-state index in [9.17, 15) is 23.1 Å². The second-order valence-electron chi connectivity index (χ2n) is 5.74. The number of phenolic OH excluding ortho intramolecular Hbond substituents is 1. The quantitative estimate of drug-likeness (QED) is 0.338. The summed E-state index contributed by atoms with van der Waals surface area (Å²) < 4.78 is 38.6. The van der Waals surface area contributed by atoms with Crippen LogP contribution in [0.4, 0.5) is 13.2 Å². The molecule has 28 heavy (non-hydrogen) atoms. The first kappa shape index (κ1) is 20.5. The third kappa shape index (κ3) is 4.41. The molecule has 0 aliphatic heterocycles. The number of alkyl halides is 3. The van der Waals surface area contributed by atoms with Gasteiger partial charge in [0.15, 0.2) is 5.78 Å². The minimum atomic E-state index is -4.43. The van der Waals surface area contributed by atoms with Crippen LogP contribution in [0.3, 0.4) is 0 Å². The predicted octanol–water partition coefficient (Wildman–Crippen LogP) is 7.34. The van der Waals surface area contributed by atoms with Crippen LogP contribution in [0.1, 0.15) is 20.8 Å². The van der Waals surface area contributed by atoms with E-state index >= 15 is 0 Å². The zero-order valence-electron chi connectivity index (χ0n) is 13.9. The van der Waals surface area contributed by atoms with Crippen molar-refractivity contribution in [2.45, 2.75) is 6.18 Å². The lowest BCUT2D eigenvalue weighted by Crippen LogP contribution is -2.04. The number of phenols is 1. The van der Waals surface area contributed by atoms with Crippen molar-refractivity contribution in [3.8, 4) is 16.2 Å². The van der Waals surface area contributed by atoms with E-state index < -0.39 is 11.7 Å². The van der Waals surface area contributed by atoms with Gasteiger partial charge >= 0.3 is 6.18 Å². The van der Waals surface area contributed by atoms with E-state index in [1.807, 2.05) is 0 Å². The molecule has 144 valence electrons. The number of hydrogen-bond donors (Lipinski definition) is 1. The van der Waals surface area contributed by atoms with E-state index in [0.29, 0.717) is 20.9 Å². The van der Waals surface area contributed by atoms with Crippen molar-refractivity contribution < 1.29 is 23.1 Å². The smallest absolute Gasteiger partial charge is 0.416 e. The molecule has 1 heterocycles. The predicted molar refractivity (Wildman–Crippen MR) is 106 cm³/mol. The fraction of sp³-hybridized carbons (Fsp3) is 0.0500. The van der Waals surface area contributed by atoms with Gasteiger partial charge in [-0.2, -0.15) is 13.2 Å². The van der Waals surface area contributed by atoms with Gasteiger partial charge in [0.05, 0.1) is 15.5 Å². The first-order valence-electron chi connectivity index (χ1n) is 7.83. The molecule has 0 radical (unpaired) electrons. The summed E-state index contributed by atoms with van der Waals surface area (Å²) in [5.41, 5.74) is 0.0914. The highest BCUT2D eigenvalue weighted by Gasteiger charge is 2.30. The number of benzene rings is 2. The minimum absolute atomic E-state index is 0.0146. The topological polar surface area (TPSA) is 37.3 Å². The van der Waals surface area contributed by atoms with Gasteiger partial charge in [0, 0.05) is 4.88 Å². The lowest BCUT2D eigenvalue weighted by Gasteiger charge is -2.07. The number of ketones is 1. The van der Waals surface area contributed by atoms with Gasteiger partial charge in [-0.15, -0.1) is 11.3 Å². The number of allylic oxidation sites excluding steroid dienone is 1. The maximum absolute atomic E-state index is 12.9. The van der Waals surface area contributed by atoms with Gasteiger partial charge in [-0.3, -0.25) is 4.79 Å². The van der Waals surface area contributed by atoms with E-state index in [-0.39, 0.29) is 21.6 Å². The average Bonchev–Trinajstić information content (AvgIpc) is 3.15. The number of carbonyl (C=O) groups excluding carboxylic acids is 1. The Morgan fingerprint density at radius 3 is 2.50 bits per heavy atom. The molecule has 0 saturated heterocycles. The first-order valence-corrected chi connectivity index (χ1v) is 9.41. The normalized spacial score (nSPS) is 11.9. The molecule has 0 amide bonds. The molecular formula is C20H11Cl2F3O2S. The monoisotopic (exact) mass is 442 g/mol. The molecule has 2 nitrogen and oxygen atoms in total. The maximum Gasteiger partial charge on any atom is 0.416 e. The SMILES string of the molecule is O=C(C=Cc1ccc(O)c(Cl)c1Cl)c1ccc(-c2cccc(C(F)(F)F)c2)s1. The summed E-state index contributed by atoms with van der Waals surface area (Å²) in [6.45, 7) is 0. The largest absolute Gasteiger partial charge is 0.506 e. The molecule has 0 fully saturated rings. The Balaban J connectivity index is 1.83. The van der Waals surface area contributed by atoms with Crippen molar-refractivity contribution in [2.24, 2.45) is 0 Å². The second-order valence-corrected chi connectivity index (χ2v) is 7.58. The molecule has 0 unspecified atom stereocenters. The number of halogens is 5. The Morgan fingerprint density at radius 1 is 1.04 bits per heavy atom. The Hall–Kier alpha value is -2.28. The fourth-order valence-electron chi connectivity index (χ4n) is 2.40. The van der Waals surface area contributed by atoms with E-state index in [0.717, 1.165) is 23.5 Å². The van der Waals surface area contributed by atoms with Crippen LogP contribution in [0.15, 0.2) is 54.6 Å². The molecule has 2 aromatic carbocycles. The molecule has 8 heteroatoms. The lowest BCUT2D eigenvalue weighted by molar-refractivity contribution is -0.137. The van der Waals surface area contributed by atoms with Crippen LogP contribution in [0, 0.1) is 0 Å². The van der Waals surface area contributed by atoms with Gasteiger partial charge in [-0.05, 0) is 59.7 Å². The summed E-state index contributed by atoms with van der Waals surface area (Å²) in [4.78, 5) is 13.3. The summed E-state index contributed by atoms with van der Waals surface area (Å²) >= 11 is 13.0. The van der Waals surface area contributed by atoms with E-state index in [4.69, 9.17) is 23.2 Å². The van der Waals surface area contributed by atoms with Crippen LogP contribution in [0.2, 0.25) is 10.0 Å². The minimum Gasteiger partial charge on any atom is -0.506 e. The van der Waals surface area contributed by atoms with Crippen molar-refractivity contribution in [2.75, 3.05) is 0 Å². The van der Waals surface area contributed by atoms with Crippen LogP contribution in [-0.4, -0.2) is 10.9 Å². The summed E-state index contributed by atoms with van der Waals surface area (Å²) in [6, 6.07) is 11.0. The molecule has 1 N–H and O–H groups in total. The first-order chi connectivity index (χ1) is 13.2. The molecule has 0 atom stereocenters. The molecule has 0 aliphatic rings. The van der Waals surface area contributed by atoms with Gasteiger partial charge in [-0.1, -0.05) is 35.3 Å².